The van der Waals surface area contributed by atoms with Gasteiger partial charge in [0, 0.05) is 35.3 Å². The quantitative estimate of drug-likeness (QED) is 0.482. The third-order valence-electron chi connectivity index (χ3n) is 5.07. The van der Waals surface area contributed by atoms with Crippen LogP contribution in [0.15, 0.2) is 21.6 Å². The van der Waals surface area contributed by atoms with Crippen molar-refractivity contribution in [1.29, 1.82) is 0 Å². The summed E-state index contributed by atoms with van der Waals surface area (Å²) in [5.74, 6) is -2.42. The van der Waals surface area contributed by atoms with Crippen LogP contribution in [0.2, 0.25) is 0 Å². The van der Waals surface area contributed by atoms with E-state index < -0.39 is 12.1 Å². The van der Waals surface area contributed by atoms with Crippen LogP contribution in [-0.4, -0.2) is 49.7 Å². The third kappa shape index (κ3) is 5.20. The Labute approximate surface area is 190 Å². The molecule has 0 fully saturated rings. The number of nitrogens with zero attached hydrogens (tertiary/aromatic N) is 3. The Kier molecular flexibility index (Phi) is 6.96. The smallest absolute Gasteiger partial charge is 0.475 e. The summed E-state index contributed by atoms with van der Waals surface area (Å²) in [4.78, 5) is 44.6. The minimum Gasteiger partial charge on any atom is -0.475 e. The van der Waals surface area contributed by atoms with Gasteiger partial charge in [0.1, 0.15) is 5.56 Å². The van der Waals surface area contributed by atoms with Gasteiger partial charge in [-0.05, 0) is 50.9 Å². The zero-order valence-corrected chi connectivity index (χ0v) is 18.3. The number of pyridine rings is 2. The lowest BCUT2D eigenvalue weighted by Gasteiger charge is -2.19. The van der Waals surface area contributed by atoms with Gasteiger partial charge in [-0.1, -0.05) is 5.16 Å². The first kappa shape index (κ1) is 24.8. The summed E-state index contributed by atoms with van der Waals surface area (Å²) in [7, 11) is 0. The van der Waals surface area contributed by atoms with E-state index in [1.807, 2.05) is 13.1 Å². The van der Waals surface area contributed by atoms with E-state index in [9.17, 15) is 22.8 Å². The molecule has 3 N–H and O–H groups in total. The fourth-order valence-corrected chi connectivity index (χ4v) is 3.45. The van der Waals surface area contributed by atoms with Gasteiger partial charge in [0.25, 0.3) is 11.4 Å². The SMILES string of the molecule is CC(=O)c1cc(-c2nc(-c3c(C)ncc4c3CCNC4)no2)c(=O)[nH]c1C.O=C(O)C(F)(F)F. The highest BCUT2D eigenvalue weighted by molar-refractivity contribution is 5.96. The number of nitrogens with one attached hydrogen (secondary N) is 2. The van der Waals surface area contributed by atoms with Crippen LogP contribution in [0.4, 0.5) is 13.2 Å². The minimum atomic E-state index is -5.08. The molecular formula is C21H20F3N5O5. The van der Waals surface area contributed by atoms with E-state index in [2.05, 4.69) is 25.4 Å². The van der Waals surface area contributed by atoms with Gasteiger partial charge < -0.3 is 19.9 Å². The maximum atomic E-state index is 12.3. The fourth-order valence-electron chi connectivity index (χ4n) is 3.45. The predicted octanol–water partition coefficient (Wildman–Crippen LogP) is 2.59. The molecule has 3 aromatic heterocycles. The van der Waals surface area contributed by atoms with Gasteiger partial charge in [0.2, 0.25) is 5.82 Å². The monoisotopic (exact) mass is 479 g/mol. The number of Topliss-reactive ketones (excluding diaryl/α,β-unsaturated/α-hetero) is 1. The van der Waals surface area contributed by atoms with E-state index in [1.54, 1.807) is 6.92 Å². The third-order valence-corrected chi connectivity index (χ3v) is 5.07. The molecule has 0 aliphatic carbocycles. The number of ketones is 1. The molecule has 3 aromatic rings. The molecule has 13 heteroatoms. The maximum absolute atomic E-state index is 12.3. The summed E-state index contributed by atoms with van der Waals surface area (Å²) in [5, 5.41) is 14.5. The predicted molar refractivity (Wildman–Crippen MR) is 112 cm³/mol. The van der Waals surface area contributed by atoms with Crippen molar-refractivity contribution >= 4 is 11.8 Å². The molecule has 1 aliphatic heterocycles. The summed E-state index contributed by atoms with van der Waals surface area (Å²) < 4.78 is 37.1. The van der Waals surface area contributed by atoms with E-state index in [4.69, 9.17) is 14.4 Å². The normalized spacial score (nSPS) is 13.0. The zero-order valence-electron chi connectivity index (χ0n) is 18.3. The van der Waals surface area contributed by atoms with Crippen LogP contribution in [0.5, 0.6) is 0 Å². The van der Waals surface area contributed by atoms with E-state index in [0.29, 0.717) is 17.1 Å². The van der Waals surface area contributed by atoms with Gasteiger partial charge in [-0.25, -0.2) is 4.79 Å². The Morgan fingerprint density at radius 3 is 2.53 bits per heavy atom. The highest BCUT2D eigenvalue weighted by Gasteiger charge is 2.38. The Morgan fingerprint density at radius 1 is 1.24 bits per heavy atom. The number of aryl methyl sites for hydroxylation is 2. The lowest BCUT2D eigenvalue weighted by molar-refractivity contribution is -0.192. The van der Waals surface area contributed by atoms with Crippen LogP contribution >= 0.6 is 0 Å². The van der Waals surface area contributed by atoms with E-state index in [0.717, 1.165) is 41.9 Å². The number of hydrogen-bond donors (Lipinski definition) is 3. The van der Waals surface area contributed by atoms with Crippen molar-refractivity contribution in [1.82, 2.24) is 25.4 Å². The summed E-state index contributed by atoms with van der Waals surface area (Å²) in [5.41, 5.74) is 4.66. The van der Waals surface area contributed by atoms with E-state index in [1.165, 1.54) is 13.0 Å². The molecule has 10 nitrogen and oxygen atoms in total. The van der Waals surface area contributed by atoms with Gasteiger partial charge in [-0.2, -0.15) is 18.2 Å². The Hall–Kier alpha value is -3.87. The van der Waals surface area contributed by atoms with Crippen molar-refractivity contribution < 1.29 is 32.4 Å². The van der Waals surface area contributed by atoms with Crippen molar-refractivity contribution in [2.24, 2.45) is 0 Å². The molecule has 0 spiro atoms. The minimum absolute atomic E-state index is 0.0830. The largest absolute Gasteiger partial charge is 0.490 e. The second kappa shape index (κ2) is 9.55. The van der Waals surface area contributed by atoms with Crippen molar-refractivity contribution in [2.45, 2.75) is 39.9 Å². The first-order valence-corrected chi connectivity index (χ1v) is 9.97. The van der Waals surface area contributed by atoms with Crippen molar-refractivity contribution in [3.05, 3.63) is 50.7 Å². The topological polar surface area (TPSA) is 151 Å². The van der Waals surface area contributed by atoms with Crippen LogP contribution in [0, 0.1) is 13.8 Å². The number of halogens is 3. The maximum Gasteiger partial charge on any atom is 0.490 e. The summed E-state index contributed by atoms with van der Waals surface area (Å²) in [6.45, 7) is 6.65. The number of H-pyrrole nitrogens is 1. The molecule has 0 saturated heterocycles. The number of alkyl halides is 3. The molecular weight excluding hydrogens is 459 g/mol. The molecule has 0 saturated carbocycles. The Morgan fingerprint density at radius 2 is 1.91 bits per heavy atom. The lowest BCUT2D eigenvalue weighted by atomic mass is 9.95. The number of aromatic nitrogens is 4. The molecule has 4 rings (SSSR count). The lowest BCUT2D eigenvalue weighted by Crippen LogP contribution is -2.24. The summed E-state index contributed by atoms with van der Waals surface area (Å²) >= 11 is 0. The molecule has 0 unspecified atom stereocenters. The first-order valence-electron chi connectivity index (χ1n) is 9.97. The van der Waals surface area contributed by atoms with E-state index >= 15 is 0 Å². The van der Waals surface area contributed by atoms with Gasteiger partial charge >= 0.3 is 12.1 Å². The molecule has 34 heavy (non-hydrogen) atoms. The molecule has 0 aromatic carbocycles. The number of carbonyl (C=O) groups is 2. The molecule has 0 bridgehead atoms. The molecule has 0 atom stereocenters. The molecule has 0 amide bonds. The molecule has 180 valence electrons. The number of fused-ring (bicyclic) bond motifs is 1. The Bertz CT molecular complexity index is 1310. The van der Waals surface area contributed by atoms with Crippen LogP contribution in [0.1, 0.15) is 39.8 Å². The second-order valence-corrected chi connectivity index (χ2v) is 7.48. The van der Waals surface area contributed by atoms with Crippen molar-refractivity contribution in [2.75, 3.05) is 6.54 Å². The number of aliphatic carboxylic acids is 1. The number of carbonyl (C=O) groups excluding carboxylic acids is 1. The number of aromatic amines is 1. The molecule has 0 radical (unpaired) electrons. The van der Waals surface area contributed by atoms with Gasteiger partial charge in [-0.15, -0.1) is 0 Å². The standard InChI is InChI=1S/C19H19N5O3.C2HF3O2/c1-9-14(11(3)25)6-15(18(26)22-9)19-23-17(24-27-19)16-10(2)21-8-12-7-20-5-4-13(12)16;3-2(4,5)1(6)7/h6,8,20H,4-5,7H2,1-3H3,(H,22,26);(H,6,7). The zero-order chi connectivity index (χ0) is 25.2. The van der Waals surface area contributed by atoms with E-state index in [-0.39, 0.29) is 22.8 Å². The van der Waals surface area contributed by atoms with Gasteiger partial charge in [0.15, 0.2) is 5.78 Å². The van der Waals surface area contributed by atoms with Crippen LogP contribution in [0.3, 0.4) is 0 Å². The molecule has 1 aliphatic rings. The molecule has 4 heterocycles. The highest BCUT2D eigenvalue weighted by Crippen LogP contribution is 2.30. The number of hydrogen-bond acceptors (Lipinski definition) is 8. The van der Waals surface area contributed by atoms with Gasteiger partial charge in [-0.3, -0.25) is 14.6 Å². The average molecular weight is 479 g/mol. The highest BCUT2D eigenvalue weighted by atomic mass is 19.4. The Balaban J connectivity index is 0.000000406. The number of rotatable bonds is 3. The van der Waals surface area contributed by atoms with Crippen LogP contribution in [-0.2, 0) is 17.8 Å². The summed E-state index contributed by atoms with van der Waals surface area (Å²) in [6.07, 6.45) is -2.37. The fraction of sp³-hybridized carbons (Fsp3) is 0.333. The van der Waals surface area contributed by atoms with Crippen molar-refractivity contribution in [3.63, 3.8) is 0 Å². The second-order valence-electron chi connectivity index (χ2n) is 7.48. The van der Waals surface area contributed by atoms with Crippen LogP contribution < -0.4 is 10.9 Å². The number of carboxylic acid groups (broad SMARTS) is 1. The summed E-state index contributed by atoms with van der Waals surface area (Å²) in [6, 6.07) is 1.50. The number of carboxylic acids is 1. The average Bonchev–Trinajstić information content (AvgIpc) is 3.22. The van der Waals surface area contributed by atoms with Crippen molar-refractivity contribution in [3.8, 4) is 22.8 Å². The first-order chi connectivity index (χ1) is 15.9. The van der Waals surface area contributed by atoms with Gasteiger partial charge in [0.05, 0.1) is 0 Å². The van der Waals surface area contributed by atoms with Crippen LogP contribution in [0.25, 0.3) is 22.8 Å².